The topological polar surface area (TPSA) is 84.1 Å². The van der Waals surface area contributed by atoms with Crippen LogP contribution in [0.3, 0.4) is 0 Å². The summed E-state index contributed by atoms with van der Waals surface area (Å²) in [6.45, 7) is 0.478. The van der Waals surface area contributed by atoms with Crippen LogP contribution in [0.25, 0.3) is 10.9 Å². The highest BCUT2D eigenvalue weighted by Crippen LogP contribution is 2.26. The molecule has 25 heavy (non-hydrogen) atoms. The van der Waals surface area contributed by atoms with Crippen LogP contribution in [0.15, 0.2) is 48.8 Å². The third-order valence-electron chi connectivity index (χ3n) is 3.98. The number of carbonyl (C=O) groups is 2. The van der Waals surface area contributed by atoms with Crippen molar-refractivity contribution in [1.82, 2.24) is 15.3 Å². The van der Waals surface area contributed by atoms with Gasteiger partial charge in [-0.3, -0.25) is 19.9 Å². The molecule has 4 rings (SSSR count). The molecular formula is C18H15N3O3S. The first kappa shape index (κ1) is 15.7. The van der Waals surface area contributed by atoms with E-state index in [9.17, 15) is 9.59 Å². The second-order valence-corrected chi connectivity index (χ2v) is 6.95. The number of benzene rings is 1. The fourth-order valence-corrected chi connectivity index (χ4v) is 3.59. The van der Waals surface area contributed by atoms with Gasteiger partial charge in [0.1, 0.15) is 12.4 Å². The van der Waals surface area contributed by atoms with E-state index in [4.69, 9.17) is 4.74 Å². The van der Waals surface area contributed by atoms with Gasteiger partial charge in [-0.2, -0.15) is 0 Å². The second-order valence-electron chi connectivity index (χ2n) is 5.78. The van der Waals surface area contributed by atoms with Gasteiger partial charge in [0.25, 0.3) is 5.24 Å². The lowest BCUT2D eigenvalue weighted by Gasteiger charge is -2.05. The van der Waals surface area contributed by atoms with Crippen LogP contribution in [0.4, 0.5) is 4.79 Å². The fraction of sp³-hybridized carbons (Fsp3) is 0.167. The summed E-state index contributed by atoms with van der Waals surface area (Å²) in [6, 6.07) is 11.6. The smallest absolute Gasteiger partial charge is 0.286 e. The molecule has 0 saturated carbocycles. The third kappa shape index (κ3) is 3.51. The summed E-state index contributed by atoms with van der Waals surface area (Å²) in [5.41, 5.74) is 2.95. The quantitative estimate of drug-likeness (QED) is 0.736. The molecule has 1 aliphatic rings. The van der Waals surface area contributed by atoms with E-state index in [-0.39, 0.29) is 16.4 Å². The number of hydrogen-bond acceptors (Lipinski definition) is 5. The third-order valence-corrected chi connectivity index (χ3v) is 4.96. The van der Waals surface area contributed by atoms with Crippen molar-refractivity contribution in [3.63, 3.8) is 0 Å². The minimum absolute atomic E-state index is 0.227. The van der Waals surface area contributed by atoms with Gasteiger partial charge in [-0.25, -0.2) is 0 Å². The zero-order chi connectivity index (χ0) is 17.2. The highest BCUT2D eigenvalue weighted by molar-refractivity contribution is 8.15. The van der Waals surface area contributed by atoms with Crippen molar-refractivity contribution in [3.05, 3.63) is 60.0 Å². The summed E-state index contributed by atoms with van der Waals surface area (Å²) in [7, 11) is 0. The standard InChI is InChI=1S/C18H15N3O3S/c22-17-16(25-18(23)21-17)9-13-7-12-8-14(1-2-15(12)20-13)24-10-11-3-5-19-6-4-11/h1-8,16,20H,9-10H2,(H,21,22,23). The number of H-pyrrole nitrogens is 1. The lowest BCUT2D eigenvalue weighted by atomic mass is 10.2. The van der Waals surface area contributed by atoms with Crippen LogP contribution < -0.4 is 10.1 Å². The average molecular weight is 353 g/mol. The van der Waals surface area contributed by atoms with E-state index in [1.807, 2.05) is 36.4 Å². The van der Waals surface area contributed by atoms with Gasteiger partial charge < -0.3 is 9.72 Å². The van der Waals surface area contributed by atoms with Crippen molar-refractivity contribution in [2.75, 3.05) is 0 Å². The summed E-state index contributed by atoms with van der Waals surface area (Å²) < 4.78 is 5.82. The number of nitrogens with zero attached hydrogens (tertiary/aromatic N) is 1. The highest BCUT2D eigenvalue weighted by Gasteiger charge is 2.31. The monoisotopic (exact) mass is 353 g/mol. The minimum Gasteiger partial charge on any atom is -0.489 e. The Labute approximate surface area is 148 Å². The first-order valence-electron chi connectivity index (χ1n) is 7.82. The number of aromatic nitrogens is 2. The number of aromatic amines is 1. The average Bonchev–Trinajstić information content (AvgIpc) is 3.15. The normalized spacial score (nSPS) is 17.0. The fourth-order valence-electron chi connectivity index (χ4n) is 2.74. The van der Waals surface area contributed by atoms with Gasteiger partial charge in [-0.1, -0.05) is 11.8 Å². The molecule has 1 fully saturated rings. The maximum atomic E-state index is 11.7. The number of hydrogen-bond donors (Lipinski definition) is 2. The van der Waals surface area contributed by atoms with Crippen LogP contribution in [0.2, 0.25) is 0 Å². The molecule has 6 nitrogen and oxygen atoms in total. The molecule has 1 aliphatic heterocycles. The van der Waals surface area contributed by atoms with Gasteiger partial charge in [0.15, 0.2) is 0 Å². The van der Waals surface area contributed by atoms with Crippen molar-refractivity contribution in [1.29, 1.82) is 0 Å². The summed E-state index contributed by atoms with van der Waals surface area (Å²) in [6.07, 6.45) is 3.97. The molecule has 0 radical (unpaired) electrons. The number of thioether (sulfide) groups is 1. The lowest BCUT2D eigenvalue weighted by Crippen LogP contribution is -2.25. The molecule has 0 spiro atoms. The molecule has 0 aliphatic carbocycles. The van der Waals surface area contributed by atoms with E-state index < -0.39 is 0 Å². The Kier molecular flexibility index (Phi) is 4.15. The highest BCUT2D eigenvalue weighted by atomic mass is 32.2. The first-order valence-corrected chi connectivity index (χ1v) is 8.70. The van der Waals surface area contributed by atoms with Crippen LogP contribution >= 0.6 is 11.8 Å². The Morgan fingerprint density at radius 1 is 1.12 bits per heavy atom. The Morgan fingerprint density at radius 3 is 2.72 bits per heavy atom. The molecule has 3 aromatic rings. The molecule has 2 aromatic heterocycles. The Bertz CT molecular complexity index is 939. The SMILES string of the molecule is O=C1NC(=O)C(Cc2cc3cc(OCc4ccncc4)ccc3[nH]2)S1. The molecule has 0 bridgehead atoms. The van der Waals surface area contributed by atoms with Crippen molar-refractivity contribution in [2.24, 2.45) is 0 Å². The van der Waals surface area contributed by atoms with E-state index in [0.717, 1.165) is 39.7 Å². The summed E-state index contributed by atoms with van der Waals surface area (Å²) in [4.78, 5) is 30.2. The van der Waals surface area contributed by atoms with Crippen molar-refractivity contribution < 1.29 is 14.3 Å². The van der Waals surface area contributed by atoms with E-state index in [1.165, 1.54) is 0 Å². The predicted octanol–water partition coefficient (Wildman–Crippen LogP) is 3.04. The van der Waals surface area contributed by atoms with Crippen LogP contribution in [0.5, 0.6) is 5.75 Å². The number of carbonyl (C=O) groups excluding carboxylic acids is 2. The van der Waals surface area contributed by atoms with E-state index in [1.54, 1.807) is 12.4 Å². The van der Waals surface area contributed by atoms with Crippen molar-refractivity contribution in [2.45, 2.75) is 18.3 Å². The van der Waals surface area contributed by atoms with E-state index in [0.29, 0.717) is 13.0 Å². The zero-order valence-electron chi connectivity index (χ0n) is 13.2. The molecule has 1 atom stereocenters. The summed E-state index contributed by atoms with van der Waals surface area (Å²) >= 11 is 1.04. The Balaban J connectivity index is 1.47. The van der Waals surface area contributed by atoms with E-state index >= 15 is 0 Å². The lowest BCUT2D eigenvalue weighted by molar-refractivity contribution is -0.118. The van der Waals surface area contributed by atoms with E-state index in [2.05, 4.69) is 15.3 Å². The number of nitrogens with one attached hydrogen (secondary N) is 2. The number of imide groups is 1. The zero-order valence-corrected chi connectivity index (χ0v) is 14.0. The van der Waals surface area contributed by atoms with Gasteiger partial charge in [0, 0.05) is 35.4 Å². The number of fused-ring (bicyclic) bond motifs is 1. The minimum atomic E-state index is -0.372. The molecule has 2 N–H and O–H groups in total. The molecule has 1 saturated heterocycles. The second kappa shape index (κ2) is 6.60. The first-order chi connectivity index (χ1) is 12.2. The van der Waals surface area contributed by atoms with Crippen LogP contribution in [0.1, 0.15) is 11.3 Å². The summed E-state index contributed by atoms with van der Waals surface area (Å²) in [5.74, 6) is 0.549. The number of pyridine rings is 1. The van der Waals surface area contributed by atoms with Gasteiger partial charge in [-0.05, 0) is 42.0 Å². The van der Waals surface area contributed by atoms with Crippen LogP contribution in [-0.4, -0.2) is 26.4 Å². The van der Waals surface area contributed by atoms with Gasteiger partial charge in [0.05, 0.1) is 5.25 Å². The Morgan fingerprint density at radius 2 is 1.96 bits per heavy atom. The molecule has 126 valence electrons. The molecule has 1 unspecified atom stereocenters. The van der Waals surface area contributed by atoms with Crippen molar-refractivity contribution >= 4 is 33.8 Å². The van der Waals surface area contributed by atoms with Crippen molar-refractivity contribution in [3.8, 4) is 5.75 Å². The number of ether oxygens (including phenoxy) is 1. The largest absolute Gasteiger partial charge is 0.489 e. The molecular weight excluding hydrogens is 338 g/mol. The van der Waals surface area contributed by atoms with Crippen LogP contribution in [0, 0.1) is 0 Å². The predicted molar refractivity (Wildman–Crippen MR) is 95.5 cm³/mol. The van der Waals surface area contributed by atoms with Gasteiger partial charge >= 0.3 is 0 Å². The maximum absolute atomic E-state index is 11.7. The number of rotatable bonds is 5. The molecule has 2 amide bonds. The maximum Gasteiger partial charge on any atom is 0.286 e. The molecule has 3 heterocycles. The van der Waals surface area contributed by atoms with Crippen LogP contribution in [-0.2, 0) is 17.8 Å². The molecule has 1 aromatic carbocycles. The van der Waals surface area contributed by atoms with Gasteiger partial charge in [-0.15, -0.1) is 0 Å². The van der Waals surface area contributed by atoms with Gasteiger partial charge in [0.2, 0.25) is 5.91 Å². The Hall–Kier alpha value is -2.80. The summed E-state index contributed by atoms with van der Waals surface area (Å²) in [5, 5.41) is 2.67. The molecule has 7 heteroatoms. The number of amides is 2.